The second-order valence-corrected chi connectivity index (χ2v) is 5.20. The SMILES string of the molecule is O=C(Cc1ccccc1)NCC=NOC(=O)Nc1ccc(Cl)cc1. The Kier molecular flexibility index (Phi) is 6.79. The first-order valence-electron chi connectivity index (χ1n) is 7.19. The maximum absolute atomic E-state index is 11.7. The smallest absolute Gasteiger partial charge is 0.351 e. The number of hydrogen-bond acceptors (Lipinski definition) is 4. The van der Waals surface area contributed by atoms with Gasteiger partial charge in [0.05, 0.1) is 19.2 Å². The molecule has 0 radical (unpaired) electrons. The summed E-state index contributed by atoms with van der Waals surface area (Å²) >= 11 is 5.74. The summed E-state index contributed by atoms with van der Waals surface area (Å²) in [5.74, 6) is -0.140. The molecule has 0 fully saturated rings. The van der Waals surface area contributed by atoms with Crippen molar-refractivity contribution >= 4 is 35.5 Å². The third kappa shape index (κ3) is 6.50. The first kappa shape index (κ1) is 17.5. The van der Waals surface area contributed by atoms with Gasteiger partial charge in [-0.05, 0) is 29.8 Å². The molecule has 7 heteroatoms. The molecule has 0 aliphatic heterocycles. The van der Waals surface area contributed by atoms with E-state index < -0.39 is 6.09 Å². The summed E-state index contributed by atoms with van der Waals surface area (Å²) in [5.41, 5.74) is 1.46. The van der Waals surface area contributed by atoms with Crippen LogP contribution in [0.5, 0.6) is 0 Å². The predicted octanol–water partition coefficient (Wildman–Crippen LogP) is 3.23. The van der Waals surface area contributed by atoms with Gasteiger partial charge in [-0.15, -0.1) is 0 Å². The second kappa shape index (κ2) is 9.32. The van der Waals surface area contributed by atoms with Gasteiger partial charge >= 0.3 is 6.09 Å². The lowest BCUT2D eigenvalue weighted by Gasteiger charge is -2.03. The molecule has 6 nitrogen and oxygen atoms in total. The zero-order valence-electron chi connectivity index (χ0n) is 12.7. The maximum Gasteiger partial charge on any atom is 0.437 e. The molecule has 24 heavy (non-hydrogen) atoms. The van der Waals surface area contributed by atoms with Gasteiger partial charge in [0.25, 0.3) is 0 Å². The summed E-state index contributed by atoms with van der Waals surface area (Å²) in [6, 6.07) is 15.9. The third-order valence-electron chi connectivity index (χ3n) is 2.90. The normalized spacial score (nSPS) is 10.4. The van der Waals surface area contributed by atoms with Crippen molar-refractivity contribution in [2.24, 2.45) is 5.16 Å². The molecule has 0 unspecified atom stereocenters. The second-order valence-electron chi connectivity index (χ2n) is 4.77. The molecule has 0 aliphatic carbocycles. The number of amides is 2. The van der Waals surface area contributed by atoms with E-state index in [4.69, 9.17) is 11.6 Å². The van der Waals surface area contributed by atoms with Gasteiger partial charge in [-0.2, -0.15) is 0 Å². The lowest BCUT2D eigenvalue weighted by Crippen LogP contribution is -2.26. The summed E-state index contributed by atoms with van der Waals surface area (Å²) in [5, 5.41) is 9.18. The van der Waals surface area contributed by atoms with Crippen LogP contribution in [0.4, 0.5) is 10.5 Å². The van der Waals surface area contributed by atoms with Crippen LogP contribution in [0.15, 0.2) is 59.8 Å². The molecule has 0 atom stereocenters. The molecular weight excluding hydrogens is 330 g/mol. The molecule has 0 heterocycles. The van der Waals surface area contributed by atoms with Crippen molar-refractivity contribution in [2.45, 2.75) is 6.42 Å². The van der Waals surface area contributed by atoms with Gasteiger partial charge in [-0.3, -0.25) is 14.9 Å². The highest BCUT2D eigenvalue weighted by Crippen LogP contribution is 2.13. The van der Waals surface area contributed by atoms with Gasteiger partial charge in [0.15, 0.2) is 0 Å². The van der Waals surface area contributed by atoms with Crippen molar-refractivity contribution in [2.75, 3.05) is 11.9 Å². The van der Waals surface area contributed by atoms with Crippen LogP contribution >= 0.6 is 11.6 Å². The van der Waals surface area contributed by atoms with Gasteiger partial charge in [0.1, 0.15) is 0 Å². The van der Waals surface area contributed by atoms with E-state index >= 15 is 0 Å². The van der Waals surface area contributed by atoms with Crippen molar-refractivity contribution in [3.05, 3.63) is 65.2 Å². The monoisotopic (exact) mass is 345 g/mol. The van der Waals surface area contributed by atoms with Crippen LogP contribution in [0.2, 0.25) is 5.02 Å². The molecule has 0 saturated carbocycles. The lowest BCUT2D eigenvalue weighted by atomic mass is 10.1. The molecule has 2 aromatic carbocycles. The zero-order chi connectivity index (χ0) is 17.2. The van der Waals surface area contributed by atoms with Gasteiger partial charge in [-0.25, -0.2) is 4.79 Å². The first-order valence-corrected chi connectivity index (χ1v) is 7.57. The summed E-state index contributed by atoms with van der Waals surface area (Å²) in [6.45, 7) is 0.167. The van der Waals surface area contributed by atoms with E-state index in [1.807, 2.05) is 30.3 Å². The number of nitrogens with zero attached hydrogens (tertiary/aromatic N) is 1. The maximum atomic E-state index is 11.7. The summed E-state index contributed by atoms with van der Waals surface area (Å²) in [7, 11) is 0. The Bertz CT molecular complexity index is 703. The largest absolute Gasteiger partial charge is 0.437 e. The lowest BCUT2D eigenvalue weighted by molar-refractivity contribution is -0.120. The fourth-order valence-electron chi connectivity index (χ4n) is 1.80. The minimum atomic E-state index is -0.732. The molecule has 0 aromatic heterocycles. The van der Waals surface area contributed by atoms with Gasteiger partial charge in [0, 0.05) is 10.7 Å². The highest BCUT2D eigenvalue weighted by molar-refractivity contribution is 6.30. The summed E-state index contributed by atoms with van der Waals surface area (Å²) < 4.78 is 0. The number of benzene rings is 2. The standard InChI is InChI=1S/C17H16ClN3O3/c18-14-6-8-15(9-7-14)21-17(23)24-20-11-10-19-16(22)12-13-4-2-1-3-5-13/h1-9,11H,10,12H2,(H,19,22)(H,21,23). The van der Waals surface area contributed by atoms with Crippen molar-refractivity contribution in [3.8, 4) is 0 Å². The molecule has 2 amide bonds. The van der Waals surface area contributed by atoms with E-state index in [-0.39, 0.29) is 18.9 Å². The van der Waals surface area contributed by atoms with E-state index in [1.165, 1.54) is 6.21 Å². The minimum absolute atomic E-state index is 0.140. The average molecular weight is 346 g/mol. The van der Waals surface area contributed by atoms with Crippen LogP contribution in [0, 0.1) is 0 Å². The molecule has 0 aliphatic rings. The first-order chi connectivity index (χ1) is 11.6. The number of oxime groups is 1. The molecular formula is C17H16ClN3O3. The number of nitrogens with one attached hydrogen (secondary N) is 2. The molecule has 0 spiro atoms. The summed E-state index contributed by atoms with van der Waals surface area (Å²) in [4.78, 5) is 27.8. The number of rotatable bonds is 6. The van der Waals surface area contributed by atoms with Crippen molar-refractivity contribution in [1.82, 2.24) is 5.32 Å². The van der Waals surface area contributed by atoms with Gasteiger partial charge < -0.3 is 5.32 Å². The molecule has 2 rings (SSSR count). The number of carbonyl (C=O) groups is 2. The Morgan fingerprint density at radius 2 is 1.79 bits per heavy atom. The zero-order valence-corrected chi connectivity index (χ0v) is 13.5. The van der Waals surface area contributed by atoms with E-state index in [0.717, 1.165) is 5.56 Å². The number of halogens is 1. The quantitative estimate of drug-likeness (QED) is 0.479. The van der Waals surface area contributed by atoms with Crippen LogP contribution in [0.3, 0.4) is 0 Å². The topological polar surface area (TPSA) is 79.8 Å². The molecule has 0 bridgehead atoms. The van der Waals surface area contributed by atoms with Gasteiger partial charge in [-0.1, -0.05) is 47.1 Å². The van der Waals surface area contributed by atoms with Crippen LogP contribution in [0.1, 0.15) is 5.56 Å². The highest BCUT2D eigenvalue weighted by Gasteiger charge is 2.03. The third-order valence-corrected chi connectivity index (χ3v) is 3.15. The van der Waals surface area contributed by atoms with E-state index in [0.29, 0.717) is 10.7 Å². The number of carbonyl (C=O) groups excluding carboxylic acids is 2. The fraction of sp³-hybridized carbons (Fsp3) is 0.118. The van der Waals surface area contributed by atoms with Crippen molar-refractivity contribution in [3.63, 3.8) is 0 Å². The fourth-order valence-corrected chi connectivity index (χ4v) is 1.93. The summed E-state index contributed by atoms with van der Waals surface area (Å²) in [6.07, 6.45) is 0.848. The van der Waals surface area contributed by atoms with Crippen molar-refractivity contribution in [1.29, 1.82) is 0 Å². The molecule has 2 aromatic rings. The van der Waals surface area contributed by atoms with Crippen LogP contribution in [-0.4, -0.2) is 24.8 Å². The average Bonchev–Trinajstić information content (AvgIpc) is 2.57. The Morgan fingerprint density at radius 1 is 1.08 bits per heavy atom. The Labute approximate surface area is 144 Å². The number of hydrogen-bond donors (Lipinski definition) is 2. The minimum Gasteiger partial charge on any atom is -0.351 e. The van der Waals surface area contributed by atoms with Crippen LogP contribution in [0.25, 0.3) is 0 Å². The Hall–Kier alpha value is -2.86. The van der Waals surface area contributed by atoms with E-state index in [2.05, 4.69) is 20.6 Å². The molecule has 0 saturated heterocycles. The number of anilines is 1. The molecule has 2 N–H and O–H groups in total. The van der Waals surface area contributed by atoms with E-state index in [1.54, 1.807) is 24.3 Å². The van der Waals surface area contributed by atoms with Crippen LogP contribution in [-0.2, 0) is 16.1 Å². The Balaban J connectivity index is 1.64. The predicted molar refractivity (Wildman–Crippen MR) is 93.2 cm³/mol. The highest BCUT2D eigenvalue weighted by atomic mass is 35.5. The van der Waals surface area contributed by atoms with Crippen molar-refractivity contribution < 1.29 is 14.4 Å². The van der Waals surface area contributed by atoms with E-state index in [9.17, 15) is 9.59 Å². The van der Waals surface area contributed by atoms with Crippen LogP contribution < -0.4 is 10.6 Å². The van der Waals surface area contributed by atoms with Gasteiger partial charge in [0.2, 0.25) is 5.91 Å². The Morgan fingerprint density at radius 3 is 2.50 bits per heavy atom. The molecule has 124 valence electrons.